The van der Waals surface area contributed by atoms with E-state index in [1.54, 1.807) is 0 Å². The monoisotopic (exact) mass is 382 g/mol. The van der Waals surface area contributed by atoms with Gasteiger partial charge in [0.1, 0.15) is 5.01 Å². The molecule has 27 heavy (non-hydrogen) atoms. The van der Waals surface area contributed by atoms with E-state index in [-0.39, 0.29) is 5.91 Å². The third-order valence-corrected chi connectivity index (χ3v) is 6.15. The Kier molecular flexibility index (Phi) is 4.27. The molecule has 2 aliphatic rings. The molecule has 140 valence electrons. The molecule has 2 aromatic heterocycles. The van der Waals surface area contributed by atoms with E-state index in [1.165, 1.54) is 42.7 Å². The molecule has 2 fully saturated rings. The number of nitrogens with one attached hydrogen (secondary N) is 1. The predicted octanol–water partition coefficient (Wildman–Crippen LogP) is 3.23. The van der Waals surface area contributed by atoms with Crippen LogP contribution in [-0.2, 0) is 11.2 Å². The van der Waals surface area contributed by atoms with E-state index in [2.05, 4.69) is 37.6 Å². The van der Waals surface area contributed by atoms with Crippen molar-refractivity contribution < 1.29 is 4.79 Å². The molecule has 0 bridgehead atoms. The Morgan fingerprint density at radius 2 is 1.93 bits per heavy atom. The van der Waals surface area contributed by atoms with E-state index in [1.807, 2.05) is 16.6 Å². The van der Waals surface area contributed by atoms with Crippen LogP contribution in [0.3, 0.4) is 0 Å². The largest absolute Gasteiger partial charge is 0.372 e. The maximum absolute atomic E-state index is 12.3. The van der Waals surface area contributed by atoms with Gasteiger partial charge in [0.25, 0.3) is 0 Å². The third kappa shape index (κ3) is 3.53. The van der Waals surface area contributed by atoms with Crippen molar-refractivity contribution in [3.05, 3.63) is 35.1 Å². The summed E-state index contributed by atoms with van der Waals surface area (Å²) in [6.45, 7) is 2.25. The zero-order valence-corrected chi connectivity index (χ0v) is 15.9. The van der Waals surface area contributed by atoms with Crippen LogP contribution in [0.5, 0.6) is 0 Å². The minimum absolute atomic E-state index is 0.0114. The second kappa shape index (κ2) is 6.92. The molecule has 0 atom stereocenters. The van der Waals surface area contributed by atoms with Gasteiger partial charge in [-0.25, -0.2) is 0 Å². The minimum atomic E-state index is 0.0114. The highest BCUT2D eigenvalue weighted by Crippen LogP contribution is 2.39. The molecule has 3 aromatic rings. The first-order valence-corrected chi connectivity index (χ1v) is 10.4. The molecule has 7 nitrogen and oxygen atoms in total. The van der Waals surface area contributed by atoms with Crippen molar-refractivity contribution in [3.8, 4) is 0 Å². The molecule has 1 aliphatic carbocycles. The van der Waals surface area contributed by atoms with Crippen LogP contribution in [0.4, 0.5) is 11.4 Å². The molecule has 1 saturated carbocycles. The summed E-state index contributed by atoms with van der Waals surface area (Å²) in [5, 5.41) is 16.9. The normalized spacial score (nSPS) is 17.0. The fourth-order valence-electron chi connectivity index (χ4n) is 3.54. The number of aryl methyl sites for hydroxylation is 1. The molecular formula is C19H22N6OS. The van der Waals surface area contributed by atoms with E-state index >= 15 is 0 Å². The molecule has 1 N–H and O–H groups in total. The SMILES string of the molecule is O=C(CCc1nn2c(C3CC3)nnc2s1)Nc1ccc(N2CCCC2)cc1. The number of carbonyl (C=O) groups is 1. The molecule has 1 aromatic carbocycles. The van der Waals surface area contributed by atoms with E-state index in [9.17, 15) is 4.79 Å². The van der Waals surface area contributed by atoms with Gasteiger partial charge < -0.3 is 10.2 Å². The van der Waals surface area contributed by atoms with Gasteiger partial charge >= 0.3 is 0 Å². The van der Waals surface area contributed by atoms with Crippen LogP contribution >= 0.6 is 11.3 Å². The van der Waals surface area contributed by atoms with Crippen LogP contribution in [0.15, 0.2) is 24.3 Å². The van der Waals surface area contributed by atoms with E-state index in [0.29, 0.717) is 18.8 Å². The summed E-state index contributed by atoms with van der Waals surface area (Å²) in [6.07, 6.45) is 5.91. The lowest BCUT2D eigenvalue weighted by Crippen LogP contribution is -2.17. The summed E-state index contributed by atoms with van der Waals surface area (Å²) in [5.41, 5.74) is 2.08. The smallest absolute Gasteiger partial charge is 0.234 e. The van der Waals surface area contributed by atoms with Crippen molar-refractivity contribution in [2.45, 2.75) is 44.4 Å². The van der Waals surface area contributed by atoms with Gasteiger partial charge in [0.2, 0.25) is 10.9 Å². The minimum Gasteiger partial charge on any atom is -0.372 e. The third-order valence-electron chi connectivity index (χ3n) is 5.19. The number of nitrogens with zero attached hydrogens (tertiary/aromatic N) is 5. The maximum atomic E-state index is 12.3. The molecule has 3 heterocycles. The zero-order chi connectivity index (χ0) is 18.2. The molecule has 0 radical (unpaired) electrons. The van der Waals surface area contributed by atoms with Crippen molar-refractivity contribution >= 4 is 33.6 Å². The molecule has 1 saturated heterocycles. The Hall–Kier alpha value is -2.48. The van der Waals surface area contributed by atoms with E-state index < -0.39 is 0 Å². The lowest BCUT2D eigenvalue weighted by Gasteiger charge is -2.17. The number of hydrogen-bond acceptors (Lipinski definition) is 6. The number of aromatic nitrogens is 4. The second-order valence-electron chi connectivity index (χ2n) is 7.31. The summed E-state index contributed by atoms with van der Waals surface area (Å²) < 4.78 is 1.85. The Balaban J connectivity index is 1.17. The highest BCUT2D eigenvalue weighted by Gasteiger charge is 2.30. The number of amides is 1. The van der Waals surface area contributed by atoms with E-state index in [4.69, 9.17) is 0 Å². The van der Waals surface area contributed by atoms with Crippen LogP contribution < -0.4 is 10.2 Å². The number of benzene rings is 1. The van der Waals surface area contributed by atoms with Crippen LogP contribution in [0.2, 0.25) is 0 Å². The van der Waals surface area contributed by atoms with Gasteiger partial charge in [-0.2, -0.15) is 9.61 Å². The number of hydrogen-bond donors (Lipinski definition) is 1. The molecule has 1 amide bonds. The van der Waals surface area contributed by atoms with Crippen molar-refractivity contribution in [1.29, 1.82) is 0 Å². The number of anilines is 2. The fraction of sp³-hybridized carbons (Fsp3) is 0.474. The lowest BCUT2D eigenvalue weighted by atomic mass is 10.2. The van der Waals surface area contributed by atoms with Gasteiger partial charge in [-0.15, -0.1) is 10.2 Å². The summed E-state index contributed by atoms with van der Waals surface area (Å²) >= 11 is 1.52. The summed E-state index contributed by atoms with van der Waals surface area (Å²) in [6, 6.07) is 8.14. The lowest BCUT2D eigenvalue weighted by molar-refractivity contribution is -0.116. The Labute approximate surface area is 161 Å². The van der Waals surface area contributed by atoms with Gasteiger partial charge in [0.05, 0.1) is 0 Å². The molecular weight excluding hydrogens is 360 g/mol. The molecule has 0 spiro atoms. The van der Waals surface area contributed by atoms with Crippen LogP contribution in [0.1, 0.15) is 48.9 Å². The molecule has 1 aliphatic heterocycles. The summed E-state index contributed by atoms with van der Waals surface area (Å²) in [5.74, 6) is 1.49. The van der Waals surface area contributed by atoms with Crippen molar-refractivity contribution in [2.75, 3.05) is 23.3 Å². The maximum Gasteiger partial charge on any atom is 0.234 e. The standard InChI is InChI=1S/C19H22N6OS/c26-16(20-14-5-7-15(8-6-14)24-11-1-2-12-24)9-10-17-23-25-18(13-3-4-13)21-22-19(25)27-17/h5-8,13H,1-4,9-12H2,(H,20,26). The summed E-state index contributed by atoms with van der Waals surface area (Å²) in [7, 11) is 0. The Morgan fingerprint density at radius 1 is 1.15 bits per heavy atom. The van der Waals surface area contributed by atoms with Gasteiger partial charge in [0, 0.05) is 43.2 Å². The van der Waals surface area contributed by atoms with Crippen LogP contribution in [-0.4, -0.2) is 38.8 Å². The summed E-state index contributed by atoms with van der Waals surface area (Å²) in [4.78, 5) is 15.5. The topological polar surface area (TPSA) is 75.4 Å². The Morgan fingerprint density at radius 3 is 2.67 bits per heavy atom. The van der Waals surface area contributed by atoms with Gasteiger partial charge in [-0.05, 0) is 49.9 Å². The van der Waals surface area contributed by atoms with Gasteiger partial charge in [-0.3, -0.25) is 4.79 Å². The van der Waals surface area contributed by atoms with E-state index in [0.717, 1.165) is 34.6 Å². The molecule has 8 heteroatoms. The highest BCUT2D eigenvalue weighted by atomic mass is 32.1. The van der Waals surface area contributed by atoms with Crippen molar-refractivity contribution in [3.63, 3.8) is 0 Å². The average molecular weight is 382 g/mol. The van der Waals surface area contributed by atoms with Crippen LogP contribution in [0, 0.1) is 0 Å². The fourth-order valence-corrected chi connectivity index (χ4v) is 4.38. The first kappa shape index (κ1) is 16.7. The van der Waals surface area contributed by atoms with Crippen molar-refractivity contribution in [2.24, 2.45) is 0 Å². The van der Waals surface area contributed by atoms with Crippen LogP contribution in [0.25, 0.3) is 4.96 Å². The second-order valence-corrected chi connectivity index (χ2v) is 8.35. The quantitative estimate of drug-likeness (QED) is 0.708. The van der Waals surface area contributed by atoms with Gasteiger partial charge in [0.15, 0.2) is 5.82 Å². The first-order valence-electron chi connectivity index (χ1n) is 9.62. The number of fused-ring (bicyclic) bond motifs is 1. The molecule has 5 rings (SSSR count). The number of rotatable bonds is 6. The highest BCUT2D eigenvalue weighted by molar-refractivity contribution is 7.16. The van der Waals surface area contributed by atoms with Gasteiger partial charge in [-0.1, -0.05) is 11.3 Å². The zero-order valence-electron chi connectivity index (χ0n) is 15.1. The first-order chi connectivity index (χ1) is 13.3. The molecule has 0 unspecified atom stereocenters. The predicted molar refractivity (Wildman–Crippen MR) is 105 cm³/mol. The Bertz CT molecular complexity index is 952. The van der Waals surface area contributed by atoms with Crippen molar-refractivity contribution in [1.82, 2.24) is 19.8 Å². The number of carbonyl (C=O) groups excluding carboxylic acids is 1. The average Bonchev–Trinajstić information content (AvgIpc) is 3.08.